The van der Waals surface area contributed by atoms with Gasteiger partial charge < -0.3 is 9.30 Å². The van der Waals surface area contributed by atoms with Crippen molar-refractivity contribution in [3.8, 4) is 5.88 Å². The smallest absolute Gasteiger partial charge is 0.262 e. The number of sulfonamides is 1. The van der Waals surface area contributed by atoms with E-state index in [0.29, 0.717) is 37.5 Å². The molecule has 3 aromatic heterocycles. The van der Waals surface area contributed by atoms with Gasteiger partial charge in [0.2, 0.25) is 5.88 Å². The summed E-state index contributed by atoms with van der Waals surface area (Å²) in [4.78, 5) is 4.10. The maximum Gasteiger partial charge on any atom is 0.262 e. The van der Waals surface area contributed by atoms with Crippen LogP contribution in [0, 0.1) is 0 Å². The zero-order valence-corrected chi connectivity index (χ0v) is 16.9. The van der Waals surface area contributed by atoms with Crippen molar-refractivity contribution in [2.45, 2.75) is 43.7 Å². The maximum atomic E-state index is 12.9. The highest BCUT2D eigenvalue weighted by molar-refractivity contribution is 7.89. The Balaban J connectivity index is 1.51. The Morgan fingerprint density at radius 1 is 1.18 bits per heavy atom. The molecule has 3 aromatic rings. The normalized spacial score (nSPS) is 16.9. The van der Waals surface area contributed by atoms with E-state index in [1.807, 2.05) is 13.8 Å². The third-order valence-electron chi connectivity index (χ3n) is 5.07. The number of methoxy groups -OCH3 is 1. The summed E-state index contributed by atoms with van der Waals surface area (Å²) in [6.07, 6.45) is 4.44. The fourth-order valence-electron chi connectivity index (χ4n) is 3.37. The van der Waals surface area contributed by atoms with Crippen LogP contribution in [-0.2, 0) is 10.0 Å². The fourth-order valence-corrected chi connectivity index (χ4v) is 4.76. The van der Waals surface area contributed by atoms with Crippen LogP contribution in [0.4, 0.5) is 0 Å². The van der Waals surface area contributed by atoms with Gasteiger partial charge in [0.15, 0.2) is 16.5 Å². The first-order valence-electron chi connectivity index (χ1n) is 9.20. The first-order chi connectivity index (χ1) is 13.4. The standard InChI is InChI=1S/C17H23N7O3S/c1-12(2)22-10-16(18-11-22)28(25,26)23-8-6-13(7-9-23)17-20-19-14-4-5-15(27-3)21-24(14)17/h4-5,10-13H,6-9H2,1-3H3. The molecule has 1 fully saturated rings. The van der Waals surface area contributed by atoms with Gasteiger partial charge in [-0.25, -0.2) is 13.4 Å². The molecule has 0 aliphatic carbocycles. The number of piperidine rings is 1. The highest BCUT2D eigenvalue weighted by Gasteiger charge is 2.33. The van der Waals surface area contributed by atoms with Crippen LogP contribution in [-0.4, -0.2) is 62.3 Å². The molecule has 0 saturated carbocycles. The lowest BCUT2D eigenvalue weighted by atomic mass is 9.97. The molecule has 1 aliphatic heterocycles. The molecule has 0 atom stereocenters. The Hall–Kier alpha value is -2.53. The number of imidazole rings is 1. The summed E-state index contributed by atoms with van der Waals surface area (Å²) >= 11 is 0. The van der Waals surface area contributed by atoms with Crippen LogP contribution in [0.3, 0.4) is 0 Å². The summed E-state index contributed by atoms with van der Waals surface area (Å²) in [5.74, 6) is 1.29. The molecule has 4 rings (SSSR count). The Bertz CT molecular complexity index is 1080. The Kier molecular flexibility index (Phi) is 4.79. The molecule has 0 spiro atoms. The predicted octanol–water partition coefficient (Wildman–Crippen LogP) is 1.48. The highest BCUT2D eigenvalue weighted by Crippen LogP contribution is 2.30. The average molecular weight is 405 g/mol. The van der Waals surface area contributed by atoms with Crippen molar-refractivity contribution < 1.29 is 13.2 Å². The van der Waals surface area contributed by atoms with Crippen LogP contribution >= 0.6 is 0 Å². The quantitative estimate of drug-likeness (QED) is 0.633. The van der Waals surface area contributed by atoms with Crippen molar-refractivity contribution in [2.75, 3.05) is 20.2 Å². The van der Waals surface area contributed by atoms with E-state index in [-0.39, 0.29) is 17.0 Å². The fraction of sp³-hybridized carbons (Fsp3) is 0.529. The van der Waals surface area contributed by atoms with E-state index in [4.69, 9.17) is 4.74 Å². The number of ether oxygens (including phenoxy) is 1. The second-order valence-corrected chi connectivity index (χ2v) is 9.02. The summed E-state index contributed by atoms with van der Waals surface area (Å²) in [5.41, 5.74) is 0.644. The zero-order chi connectivity index (χ0) is 19.9. The molecular formula is C17H23N7O3S. The molecule has 0 aromatic carbocycles. The lowest BCUT2D eigenvalue weighted by Gasteiger charge is -2.29. The largest absolute Gasteiger partial charge is 0.480 e. The Labute approximate surface area is 163 Å². The molecule has 150 valence electrons. The van der Waals surface area contributed by atoms with E-state index in [1.54, 1.807) is 40.8 Å². The number of hydrogen-bond donors (Lipinski definition) is 0. The van der Waals surface area contributed by atoms with Crippen LogP contribution < -0.4 is 4.74 Å². The summed E-state index contributed by atoms with van der Waals surface area (Å²) in [6.45, 7) is 4.77. The van der Waals surface area contributed by atoms with Gasteiger partial charge in [0.1, 0.15) is 0 Å². The van der Waals surface area contributed by atoms with Gasteiger partial charge in [-0.2, -0.15) is 8.82 Å². The number of nitrogens with zero attached hydrogens (tertiary/aromatic N) is 7. The highest BCUT2D eigenvalue weighted by atomic mass is 32.2. The molecule has 1 aliphatic rings. The number of hydrogen-bond acceptors (Lipinski definition) is 7. The van der Waals surface area contributed by atoms with Crippen molar-refractivity contribution >= 4 is 15.7 Å². The van der Waals surface area contributed by atoms with E-state index >= 15 is 0 Å². The third-order valence-corrected chi connectivity index (χ3v) is 6.85. The van der Waals surface area contributed by atoms with Crippen molar-refractivity contribution in [1.82, 2.24) is 33.7 Å². The third kappa shape index (κ3) is 3.24. The van der Waals surface area contributed by atoms with Crippen molar-refractivity contribution in [2.24, 2.45) is 0 Å². The molecule has 1 saturated heterocycles. The zero-order valence-electron chi connectivity index (χ0n) is 16.1. The summed E-state index contributed by atoms with van der Waals surface area (Å²) < 4.78 is 35.9. The molecule has 10 nitrogen and oxygen atoms in total. The first kappa shape index (κ1) is 18.8. The van der Waals surface area contributed by atoms with Gasteiger partial charge in [0.05, 0.1) is 13.4 Å². The van der Waals surface area contributed by atoms with Gasteiger partial charge in [0.25, 0.3) is 10.0 Å². The van der Waals surface area contributed by atoms with Crippen molar-refractivity contribution in [3.63, 3.8) is 0 Å². The number of rotatable bonds is 5. The topological polar surface area (TPSA) is 108 Å². The van der Waals surface area contributed by atoms with Gasteiger partial charge in [-0.05, 0) is 32.8 Å². The number of fused-ring (bicyclic) bond motifs is 1. The molecule has 11 heteroatoms. The lowest BCUT2D eigenvalue weighted by Crippen LogP contribution is -2.38. The summed E-state index contributed by atoms with van der Waals surface area (Å²) in [5, 5.41) is 12.9. The maximum absolute atomic E-state index is 12.9. The average Bonchev–Trinajstić information content (AvgIpc) is 3.35. The van der Waals surface area contributed by atoms with Gasteiger partial charge >= 0.3 is 0 Å². The van der Waals surface area contributed by atoms with Crippen molar-refractivity contribution in [3.05, 3.63) is 30.5 Å². The summed E-state index contributed by atoms with van der Waals surface area (Å²) in [6, 6.07) is 3.69. The second kappa shape index (κ2) is 7.13. The van der Waals surface area contributed by atoms with E-state index in [9.17, 15) is 8.42 Å². The van der Waals surface area contributed by atoms with Crippen LogP contribution in [0.2, 0.25) is 0 Å². The Morgan fingerprint density at radius 2 is 1.93 bits per heavy atom. The molecule has 28 heavy (non-hydrogen) atoms. The van der Waals surface area contributed by atoms with E-state index in [2.05, 4.69) is 20.3 Å². The minimum Gasteiger partial charge on any atom is -0.480 e. The molecule has 0 N–H and O–H groups in total. The van der Waals surface area contributed by atoms with Gasteiger partial charge in [0, 0.05) is 37.3 Å². The number of aromatic nitrogens is 6. The molecule has 0 amide bonds. The summed E-state index contributed by atoms with van der Waals surface area (Å²) in [7, 11) is -2.04. The monoisotopic (exact) mass is 405 g/mol. The minimum atomic E-state index is -3.60. The van der Waals surface area contributed by atoms with Crippen LogP contribution in [0.25, 0.3) is 5.65 Å². The molecule has 0 radical (unpaired) electrons. The predicted molar refractivity (Wildman–Crippen MR) is 101 cm³/mol. The van der Waals surface area contributed by atoms with Gasteiger partial charge in [-0.15, -0.1) is 15.3 Å². The van der Waals surface area contributed by atoms with E-state index in [1.165, 1.54) is 4.31 Å². The lowest BCUT2D eigenvalue weighted by molar-refractivity contribution is 0.309. The molecular weight excluding hydrogens is 382 g/mol. The second-order valence-electron chi connectivity index (χ2n) is 7.14. The van der Waals surface area contributed by atoms with E-state index < -0.39 is 10.0 Å². The van der Waals surface area contributed by atoms with Crippen LogP contribution in [0.5, 0.6) is 5.88 Å². The Morgan fingerprint density at radius 3 is 2.57 bits per heavy atom. The van der Waals surface area contributed by atoms with Crippen molar-refractivity contribution in [1.29, 1.82) is 0 Å². The van der Waals surface area contributed by atoms with Crippen LogP contribution in [0.1, 0.15) is 44.5 Å². The molecule has 4 heterocycles. The van der Waals surface area contributed by atoms with Gasteiger partial charge in [-0.1, -0.05) is 0 Å². The molecule has 0 bridgehead atoms. The molecule has 0 unspecified atom stereocenters. The van der Waals surface area contributed by atoms with Gasteiger partial charge in [-0.3, -0.25) is 0 Å². The van der Waals surface area contributed by atoms with Crippen LogP contribution in [0.15, 0.2) is 29.7 Å². The minimum absolute atomic E-state index is 0.0780. The SMILES string of the molecule is COc1ccc2nnc(C3CCN(S(=O)(=O)c4cn(C(C)C)cn4)CC3)n2n1. The van der Waals surface area contributed by atoms with E-state index in [0.717, 1.165) is 5.82 Å². The first-order valence-corrected chi connectivity index (χ1v) is 10.6.